The minimum absolute atomic E-state index is 0.0416. The van der Waals surface area contributed by atoms with Gasteiger partial charge in [0.25, 0.3) is 5.91 Å². The molecule has 0 spiro atoms. The third-order valence-corrected chi connectivity index (χ3v) is 7.98. The molecule has 2 aromatic carbocycles. The van der Waals surface area contributed by atoms with E-state index in [1.807, 2.05) is 22.6 Å². The van der Waals surface area contributed by atoms with Gasteiger partial charge in [-0.1, -0.05) is 12.1 Å². The van der Waals surface area contributed by atoms with Crippen molar-refractivity contribution in [1.29, 1.82) is 0 Å². The molecule has 1 aliphatic heterocycles. The summed E-state index contributed by atoms with van der Waals surface area (Å²) in [5.74, 6) is -1.56. The lowest BCUT2D eigenvalue weighted by Gasteiger charge is -2.24. The van der Waals surface area contributed by atoms with Gasteiger partial charge in [-0.05, 0) is 86.5 Å². The van der Waals surface area contributed by atoms with Gasteiger partial charge in [0.05, 0.1) is 16.1 Å². The quantitative estimate of drug-likeness (QED) is 0.187. The molecule has 1 aliphatic rings. The number of benzene rings is 2. The van der Waals surface area contributed by atoms with Crippen LogP contribution in [0.3, 0.4) is 0 Å². The maximum Gasteiger partial charge on any atom is 0.325 e. The number of imide groups is 1. The van der Waals surface area contributed by atoms with Gasteiger partial charge in [0.2, 0.25) is 5.91 Å². The summed E-state index contributed by atoms with van der Waals surface area (Å²) in [5, 5.41) is 23.5. The monoisotopic (exact) mass is 717 g/mol. The fourth-order valence-corrected chi connectivity index (χ4v) is 5.75. The van der Waals surface area contributed by atoms with Gasteiger partial charge >= 0.3 is 6.03 Å². The van der Waals surface area contributed by atoms with Crippen molar-refractivity contribution in [1.82, 2.24) is 10.2 Å². The Morgan fingerprint density at radius 2 is 1.95 bits per heavy atom. The highest BCUT2D eigenvalue weighted by atomic mass is 127. The average molecular weight is 718 g/mol. The van der Waals surface area contributed by atoms with E-state index >= 15 is 0 Å². The summed E-state index contributed by atoms with van der Waals surface area (Å²) in [4.78, 5) is 41.4. The van der Waals surface area contributed by atoms with E-state index in [9.17, 15) is 23.9 Å². The molecule has 0 saturated carbocycles. The molecule has 1 fully saturated rings. The molecule has 13 heteroatoms. The lowest BCUT2D eigenvalue weighted by molar-refractivity contribution is -0.134. The topological polar surface area (TPSA) is 128 Å². The first kappa shape index (κ1) is 28.4. The molecule has 1 unspecified atom stereocenters. The Morgan fingerprint density at radius 1 is 1.21 bits per heavy atom. The number of carbonyl (C=O) groups is 3. The summed E-state index contributed by atoms with van der Waals surface area (Å²) in [7, 11) is 0. The van der Waals surface area contributed by atoms with Crippen LogP contribution in [0.25, 0.3) is 0 Å². The van der Waals surface area contributed by atoms with Crippen LogP contribution in [-0.4, -0.2) is 58.3 Å². The summed E-state index contributed by atoms with van der Waals surface area (Å²) in [6.45, 7) is -0.552. The first-order chi connectivity index (χ1) is 18.2. The van der Waals surface area contributed by atoms with Gasteiger partial charge in [-0.15, -0.1) is 11.3 Å². The molecule has 0 radical (unpaired) electrons. The van der Waals surface area contributed by atoms with Crippen molar-refractivity contribution in [3.63, 3.8) is 0 Å². The molecule has 38 heavy (non-hydrogen) atoms. The zero-order valence-corrected chi connectivity index (χ0v) is 24.1. The van der Waals surface area contributed by atoms with E-state index in [0.29, 0.717) is 14.9 Å². The Kier molecular flexibility index (Phi) is 9.36. The summed E-state index contributed by atoms with van der Waals surface area (Å²) in [6, 6.07) is 11.2. The van der Waals surface area contributed by atoms with Gasteiger partial charge in [-0.25, -0.2) is 14.1 Å². The largest absolute Gasteiger partial charge is 0.491 e. The Balaban J connectivity index is 1.56. The van der Waals surface area contributed by atoms with Crippen molar-refractivity contribution in [2.45, 2.75) is 24.6 Å². The van der Waals surface area contributed by atoms with Crippen molar-refractivity contribution in [3.8, 4) is 5.75 Å². The molecule has 1 aromatic heterocycles. The maximum absolute atomic E-state index is 14.5. The fraction of sp³-hybridized carbons (Fsp3) is 0.240. The van der Waals surface area contributed by atoms with E-state index < -0.39 is 48.5 Å². The Hall–Kier alpha value is -2.59. The summed E-state index contributed by atoms with van der Waals surface area (Å²) < 4.78 is 21.3. The zero-order chi connectivity index (χ0) is 27.4. The number of halogens is 3. The van der Waals surface area contributed by atoms with Crippen molar-refractivity contribution >= 4 is 73.4 Å². The normalized spacial score (nSPS) is 16.8. The van der Waals surface area contributed by atoms with Gasteiger partial charge in [0.1, 0.15) is 36.4 Å². The Bertz CT molecular complexity index is 1340. The first-order valence-electron chi connectivity index (χ1n) is 11.3. The number of thiophene rings is 1. The van der Waals surface area contributed by atoms with Crippen LogP contribution in [0.2, 0.25) is 0 Å². The van der Waals surface area contributed by atoms with Crippen molar-refractivity contribution in [3.05, 3.63) is 78.2 Å². The molecule has 3 atom stereocenters. The molecule has 4 N–H and O–H groups in total. The lowest BCUT2D eigenvalue weighted by atomic mass is 10.1. The maximum atomic E-state index is 14.5. The van der Waals surface area contributed by atoms with Crippen LogP contribution in [0, 0.1) is 9.39 Å². The molecule has 4 amide bonds. The van der Waals surface area contributed by atoms with Crippen LogP contribution < -0.4 is 15.4 Å². The molecule has 4 rings (SSSR count). The predicted octanol–water partition coefficient (Wildman–Crippen LogP) is 3.83. The van der Waals surface area contributed by atoms with E-state index in [-0.39, 0.29) is 18.7 Å². The van der Waals surface area contributed by atoms with Crippen LogP contribution in [0.1, 0.15) is 16.5 Å². The minimum Gasteiger partial charge on any atom is -0.491 e. The van der Waals surface area contributed by atoms with Crippen LogP contribution in [0.15, 0.2) is 58.4 Å². The number of rotatable bonds is 10. The highest BCUT2D eigenvalue weighted by Crippen LogP contribution is 2.30. The molecule has 2 heterocycles. The number of hydrogen-bond acceptors (Lipinski definition) is 7. The van der Waals surface area contributed by atoms with Crippen molar-refractivity contribution in [2.24, 2.45) is 0 Å². The number of aliphatic hydroxyl groups is 2. The number of amides is 4. The third kappa shape index (κ3) is 6.69. The summed E-state index contributed by atoms with van der Waals surface area (Å²) in [6.07, 6.45) is -0.987. The summed E-state index contributed by atoms with van der Waals surface area (Å²) in [5.41, 5.74) is 0.404. The molecular weight excluding hydrogens is 696 g/mol. The van der Waals surface area contributed by atoms with Crippen LogP contribution >= 0.6 is 49.9 Å². The van der Waals surface area contributed by atoms with Crippen molar-refractivity contribution in [2.75, 3.05) is 18.5 Å². The molecule has 0 aliphatic carbocycles. The summed E-state index contributed by atoms with van der Waals surface area (Å²) >= 11 is 6.69. The number of urea groups is 1. The van der Waals surface area contributed by atoms with Gasteiger partial charge in [0.15, 0.2) is 0 Å². The van der Waals surface area contributed by atoms with Gasteiger partial charge in [0, 0.05) is 14.9 Å². The SMILES string of the molecule is O=C(Nc1ccc(I)cc1F)C(Cc1ccc(Br)s1)N1C(=O)N[C@H](c2ccc(OC[C@H](O)CO)cc2)C1=O. The number of carbonyl (C=O) groups excluding carboxylic acids is 3. The van der Waals surface area contributed by atoms with Gasteiger partial charge in [-0.2, -0.15) is 0 Å². The first-order valence-corrected chi connectivity index (χ1v) is 14.0. The molecule has 200 valence electrons. The van der Waals surface area contributed by atoms with E-state index in [1.54, 1.807) is 42.5 Å². The number of ether oxygens (including phenoxy) is 1. The Labute approximate surface area is 243 Å². The number of anilines is 1. The molecular formula is C25H22BrFIN3O6S. The minimum atomic E-state index is -1.24. The zero-order valence-electron chi connectivity index (χ0n) is 19.6. The average Bonchev–Trinajstić information content (AvgIpc) is 3.44. The van der Waals surface area contributed by atoms with E-state index in [1.165, 1.54) is 23.5 Å². The smallest absolute Gasteiger partial charge is 0.325 e. The van der Waals surface area contributed by atoms with E-state index in [0.717, 1.165) is 13.6 Å². The number of nitrogens with zero attached hydrogens (tertiary/aromatic N) is 1. The highest BCUT2D eigenvalue weighted by Gasteiger charge is 2.45. The predicted molar refractivity (Wildman–Crippen MR) is 150 cm³/mol. The standard InChI is InChI=1S/C25H22BrFIN3O6S/c26-21-8-6-17(38-21)10-20(23(34)29-19-7-3-14(28)9-18(19)27)31-24(35)22(30-25(31)36)13-1-4-16(5-2-13)37-12-15(33)11-32/h1-9,15,20,22,32-33H,10-12H2,(H,29,34)(H,30,36)/t15-,20?,22-/m1/s1. The van der Waals surface area contributed by atoms with Crippen molar-refractivity contribution < 1.29 is 33.7 Å². The molecule has 3 aromatic rings. The second-order valence-electron chi connectivity index (χ2n) is 8.35. The number of aliphatic hydroxyl groups excluding tert-OH is 2. The number of nitrogens with one attached hydrogen (secondary N) is 2. The third-order valence-electron chi connectivity index (χ3n) is 5.66. The second kappa shape index (κ2) is 12.5. The van der Waals surface area contributed by atoms with Gasteiger partial charge in [-0.3, -0.25) is 9.59 Å². The van der Waals surface area contributed by atoms with Gasteiger partial charge < -0.3 is 25.6 Å². The lowest BCUT2D eigenvalue weighted by Crippen LogP contribution is -2.49. The molecule has 0 bridgehead atoms. The highest BCUT2D eigenvalue weighted by molar-refractivity contribution is 14.1. The van der Waals surface area contributed by atoms with Crippen LogP contribution in [-0.2, 0) is 16.0 Å². The Morgan fingerprint density at radius 3 is 2.58 bits per heavy atom. The molecule has 1 saturated heterocycles. The van der Waals surface area contributed by atoms with Crippen LogP contribution in [0.5, 0.6) is 5.75 Å². The van der Waals surface area contributed by atoms with E-state index in [4.69, 9.17) is 9.84 Å². The number of hydrogen-bond donors (Lipinski definition) is 4. The molecule has 9 nitrogen and oxygen atoms in total. The van der Waals surface area contributed by atoms with Crippen LogP contribution in [0.4, 0.5) is 14.9 Å². The second-order valence-corrected chi connectivity index (χ2v) is 12.1. The van der Waals surface area contributed by atoms with E-state index in [2.05, 4.69) is 26.6 Å². The fourth-order valence-electron chi connectivity index (χ4n) is 3.78.